The molecule has 1 amide bonds. The average Bonchev–Trinajstić information content (AvgIpc) is 3.39. The number of fused-ring (bicyclic) bond motifs is 1. The van der Waals surface area contributed by atoms with Crippen LogP contribution >= 0.6 is 0 Å². The summed E-state index contributed by atoms with van der Waals surface area (Å²) >= 11 is 0. The molecule has 9 heteroatoms. The van der Waals surface area contributed by atoms with Crippen molar-refractivity contribution in [2.75, 3.05) is 10.6 Å². The molecule has 0 atom stereocenters. The number of nitrogens with zero attached hydrogens (tertiary/aromatic N) is 4. The highest BCUT2D eigenvalue weighted by Crippen LogP contribution is 2.40. The number of anilines is 3. The molecule has 6 rings (SSSR count). The van der Waals surface area contributed by atoms with Gasteiger partial charge in [0.05, 0.1) is 18.0 Å². The Balaban J connectivity index is 1.34. The molecule has 0 spiro atoms. The molecule has 1 saturated carbocycles. The number of aliphatic hydroxyl groups excluding tert-OH is 1. The van der Waals surface area contributed by atoms with Crippen molar-refractivity contribution in [1.82, 2.24) is 19.8 Å². The fraction of sp³-hybridized carbons (Fsp3) is 0.154. The molecule has 35 heavy (non-hydrogen) atoms. The third-order valence-electron chi connectivity index (χ3n) is 6.14. The van der Waals surface area contributed by atoms with Crippen molar-refractivity contribution in [3.05, 3.63) is 89.9 Å². The van der Waals surface area contributed by atoms with Gasteiger partial charge in [0.1, 0.15) is 6.26 Å². The van der Waals surface area contributed by atoms with Gasteiger partial charge in [-0.15, -0.1) is 0 Å². The molecule has 1 fully saturated rings. The van der Waals surface area contributed by atoms with E-state index in [2.05, 4.69) is 25.9 Å². The van der Waals surface area contributed by atoms with Crippen LogP contribution in [0.25, 0.3) is 16.9 Å². The van der Waals surface area contributed by atoms with Crippen LogP contribution in [-0.2, 0) is 6.61 Å². The molecule has 1 aliphatic rings. The van der Waals surface area contributed by atoms with Gasteiger partial charge in [-0.2, -0.15) is 5.10 Å². The number of imidazole rings is 1. The fourth-order valence-corrected chi connectivity index (χ4v) is 4.19. The van der Waals surface area contributed by atoms with E-state index >= 15 is 0 Å². The predicted octanol–water partition coefficient (Wildman–Crippen LogP) is 4.75. The van der Waals surface area contributed by atoms with Gasteiger partial charge in [-0.25, -0.2) is 9.50 Å². The zero-order valence-corrected chi connectivity index (χ0v) is 18.7. The minimum absolute atomic E-state index is 0.231. The number of hydrogen-bond donors (Lipinski definition) is 3. The molecular formula is C26H22N6O3. The van der Waals surface area contributed by atoms with Gasteiger partial charge in [-0.05, 0) is 48.6 Å². The first-order valence-corrected chi connectivity index (χ1v) is 11.4. The van der Waals surface area contributed by atoms with E-state index in [0.717, 1.165) is 0 Å². The molecule has 2 aromatic carbocycles. The maximum absolute atomic E-state index is 13.0. The first-order valence-electron chi connectivity index (χ1n) is 11.4. The second kappa shape index (κ2) is 8.69. The molecule has 0 bridgehead atoms. The van der Waals surface area contributed by atoms with E-state index < -0.39 is 0 Å². The van der Waals surface area contributed by atoms with Crippen molar-refractivity contribution in [2.24, 2.45) is 0 Å². The maximum atomic E-state index is 13.0. The summed E-state index contributed by atoms with van der Waals surface area (Å²) in [7, 11) is 0. The Morgan fingerprint density at radius 2 is 1.97 bits per heavy atom. The molecule has 0 aliphatic heterocycles. The van der Waals surface area contributed by atoms with E-state index in [1.807, 2.05) is 42.5 Å². The van der Waals surface area contributed by atoms with Crippen LogP contribution in [0.15, 0.2) is 77.8 Å². The van der Waals surface area contributed by atoms with E-state index in [0.29, 0.717) is 51.1 Å². The van der Waals surface area contributed by atoms with Gasteiger partial charge in [0.15, 0.2) is 11.5 Å². The Labute approximate surface area is 200 Å². The van der Waals surface area contributed by atoms with Crippen LogP contribution in [0.4, 0.5) is 17.2 Å². The number of aliphatic hydroxyl groups is 1. The topological polar surface area (TPSA) is 118 Å². The zero-order chi connectivity index (χ0) is 23.8. The summed E-state index contributed by atoms with van der Waals surface area (Å²) in [5, 5.41) is 25.0. The number of amides is 1. The molecule has 0 saturated heterocycles. The van der Waals surface area contributed by atoms with E-state index in [-0.39, 0.29) is 12.5 Å². The molecule has 0 radical (unpaired) electrons. The second-order valence-corrected chi connectivity index (χ2v) is 8.49. The number of hydrogen-bond acceptors (Lipinski definition) is 7. The Morgan fingerprint density at radius 3 is 2.71 bits per heavy atom. The molecule has 9 nitrogen and oxygen atoms in total. The number of benzene rings is 2. The predicted molar refractivity (Wildman–Crippen MR) is 131 cm³/mol. The van der Waals surface area contributed by atoms with Crippen LogP contribution < -0.4 is 10.6 Å². The molecule has 3 heterocycles. The van der Waals surface area contributed by atoms with Crippen molar-refractivity contribution >= 4 is 28.7 Å². The van der Waals surface area contributed by atoms with Gasteiger partial charge >= 0.3 is 0 Å². The molecule has 3 N–H and O–H groups in total. The maximum Gasteiger partial charge on any atom is 0.255 e. The van der Waals surface area contributed by atoms with Crippen molar-refractivity contribution in [1.29, 1.82) is 0 Å². The summed E-state index contributed by atoms with van der Waals surface area (Å²) in [6, 6.07) is 16.7. The third-order valence-corrected chi connectivity index (χ3v) is 6.14. The lowest BCUT2D eigenvalue weighted by atomic mass is 10.0. The van der Waals surface area contributed by atoms with Gasteiger partial charge in [0, 0.05) is 40.8 Å². The minimum atomic E-state index is -0.276. The summed E-state index contributed by atoms with van der Waals surface area (Å²) in [5.41, 5.74) is 5.50. The number of carbonyl (C=O) groups excluding carboxylic acids is 1. The lowest BCUT2D eigenvalue weighted by Gasteiger charge is -2.15. The summed E-state index contributed by atoms with van der Waals surface area (Å²) in [6.45, 7) is -0.276. The van der Waals surface area contributed by atoms with Crippen LogP contribution in [0.1, 0.15) is 40.2 Å². The minimum Gasteiger partial charge on any atom is -0.392 e. The number of rotatable bonds is 7. The summed E-state index contributed by atoms with van der Waals surface area (Å²) in [6.07, 6.45) is 7.29. The van der Waals surface area contributed by atoms with E-state index in [1.54, 1.807) is 29.0 Å². The highest BCUT2D eigenvalue weighted by atomic mass is 16.5. The van der Waals surface area contributed by atoms with Crippen molar-refractivity contribution < 1.29 is 14.4 Å². The zero-order valence-electron chi connectivity index (χ0n) is 18.7. The smallest absolute Gasteiger partial charge is 0.255 e. The molecule has 0 unspecified atom stereocenters. The molecule has 174 valence electrons. The van der Waals surface area contributed by atoms with Gasteiger partial charge < -0.3 is 20.3 Å². The Morgan fingerprint density at radius 1 is 1.11 bits per heavy atom. The quantitative estimate of drug-likeness (QED) is 0.317. The van der Waals surface area contributed by atoms with Crippen LogP contribution in [0.2, 0.25) is 0 Å². The number of nitrogens with one attached hydrogen (secondary N) is 2. The van der Waals surface area contributed by atoms with E-state index in [1.165, 1.54) is 24.7 Å². The highest BCUT2D eigenvalue weighted by molar-refractivity contribution is 6.05. The van der Waals surface area contributed by atoms with Gasteiger partial charge in [0.2, 0.25) is 0 Å². The van der Waals surface area contributed by atoms with Crippen molar-refractivity contribution in [2.45, 2.75) is 25.4 Å². The summed E-state index contributed by atoms with van der Waals surface area (Å²) in [4.78, 5) is 17.3. The monoisotopic (exact) mass is 466 g/mol. The van der Waals surface area contributed by atoms with Gasteiger partial charge in [-0.3, -0.25) is 4.79 Å². The van der Waals surface area contributed by atoms with Crippen LogP contribution in [0.5, 0.6) is 0 Å². The first kappa shape index (κ1) is 21.1. The van der Waals surface area contributed by atoms with Crippen LogP contribution in [-0.4, -0.2) is 30.8 Å². The lowest BCUT2D eigenvalue weighted by molar-refractivity contribution is 0.102. The largest absolute Gasteiger partial charge is 0.392 e. The fourth-order valence-electron chi connectivity index (χ4n) is 4.19. The van der Waals surface area contributed by atoms with E-state index in [9.17, 15) is 9.90 Å². The Bertz CT molecular complexity index is 1500. The average molecular weight is 467 g/mol. The van der Waals surface area contributed by atoms with Gasteiger partial charge in [0.25, 0.3) is 5.91 Å². The van der Waals surface area contributed by atoms with Crippen molar-refractivity contribution in [3.8, 4) is 11.3 Å². The first-order chi connectivity index (χ1) is 17.2. The molecule has 3 aromatic heterocycles. The van der Waals surface area contributed by atoms with Crippen molar-refractivity contribution in [3.63, 3.8) is 0 Å². The van der Waals surface area contributed by atoms with Crippen LogP contribution in [0.3, 0.4) is 0 Å². The normalized spacial score (nSPS) is 13.2. The lowest BCUT2D eigenvalue weighted by Crippen LogP contribution is -2.14. The number of aromatic nitrogens is 4. The summed E-state index contributed by atoms with van der Waals surface area (Å²) < 4.78 is 6.56. The number of carbonyl (C=O) groups is 1. The highest BCUT2D eigenvalue weighted by Gasteiger charge is 2.23. The summed E-state index contributed by atoms with van der Waals surface area (Å²) in [5.74, 6) is 0.933. The van der Waals surface area contributed by atoms with Gasteiger partial charge in [-0.1, -0.05) is 29.4 Å². The second-order valence-electron chi connectivity index (χ2n) is 8.49. The molecular weight excluding hydrogens is 444 g/mol. The standard InChI is InChI=1S/C26H22N6O3/c33-15-20-19(22-14-23(28-24-10-13-35-31-24)25-27-11-12-32(25)30-22)2-1-3-21(20)29-26(34)18-8-6-17(7-9-18)16-4-5-16/h1-3,6-14,16,33H,4-5,15H2,(H,28,31)(H,29,34). The Hall–Kier alpha value is -4.50. The molecule has 1 aliphatic carbocycles. The molecule has 5 aromatic rings. The third kappa shape index (κ3) is 4.13. The SMILES string of the molecule is O=C(Nc1cccc(-c2cc(Nc3ccon3)c3nccn3n2)c1CO)c1ccc(C2CC2)cc1. The van der Waals surface area contributed by atoms with E-state index in [4.69, 9.17) is 4.52 Å². The van der Waals surface area contributed by atoms with Crippen LogP contribution in [0, 0.1) is 0 Å². The Kier molecular flexibility index (Phi) is 5.23.